The van der Waals surface area contributed by atoms with Crippen LogP contribution in [0.5, 0.6) is 0 Å². The number of hydrogen-bond acceptors (Lipinski definition) is 8. The molecule has 1 saturated heterocycles. The molecule has 42 heavy (non-hydrogen) atoms. The second kappa shape index (κ2) is 12.7. The highest BCUT2D eigenvalue weighted by atomic mass is 32.2. The standard InChI is InChI=1S/C28H35F2N7O4S/c1-35-9-11-36(12-10-35)21-4-5-23(26(17-21)31-7-3-13-41-2)28(38)32-27-24-18-37(8-6-25(24)33-34-27)42(39,40)22-15-19(29)14-20(30)16-22/h4-5,14-17,31H,3,6-13,18H2,1-2H3,(H2,32,33,34,38). The first-order chi connectivity index (χ1) is 20.2. The van der Waals surface area contributed by atoms with E-state index in [0.717, 1.165) is 54.7 Å². The number of benzene rings is 2. The van der Waals surface area contributed by atoms with E-state index in [-0.39, 0.29) is 18.9 Å². The van der Waals surface area contributed by atoms with Crippen LogP contribution in [-0.4, -0.2) is 93.8 Å². The van der Waals surface area contributed by atoms with Crippen LogP contribution in [0.15, 0.2) is 41.3 Å². The Hall–Kier alpha value is -3.59. The predicted molar refractivity (Wildman–Crippen MR) is 155 cm³/mol. The van der Waals surface area contributed by atoms with Gasteiger partial charge in [-0.25, -0.2) is 17.2 Å². The van der Waals surface area contributed by atoms with Gasteiger partial charge in [0.2, 0.25) is 10.0 Å². The van der Waals surface area contributed by atoms with E-state index < -0.39 is 32.5 Å². The molecule has 1 amide bonds. The highest BCUT2D eigenvalue weighted by Gasteiger charge is 2.32. The lowest BCUT2D eigenvalue weighted by Gasteiger charge is -2.34. The molecule has 3 N–H and O–H groups in total. The van der Waals surface area contributed by atoms with Crippen LogP contribution in [0.1, 0.15) is 28.0 Å². The van der Waals surface area contributed by atoms with Crippen LogP contribution in [-0.2, 0) is 27.7 Å². The van der Waals surface area contributed by atoms with Crippen molar-refractivity contribution in [1.82, 2.24) is 19.4 Å². The summed E-state index contributed by atoms with van der Waals surface area (Å²) >= 11 is 0. The van der Waals surface area contributed by atoms with E-state index in [2.05, 4.69) is 37.7 Å². The summed E-state index contributed by atoms with van der Waals surface area (Å²) in [7, 11) is -0.461. The molecule has 14 heteroatoms. The minimum atomic E-state index is -4.19. The molecule has 0 bridgehead atoms. The van der Waals surface area contributed by atoms with Crippen molar-refractivity contribution in [3.63, 3.8) is 0 Å². The van der Waals surface area contributed by atoms with Crippen LogP contribution < -0.4 is 15.5 Å². The van der Waals surface area contributed by atoms with Crippen molar-refractivity contribution < 1.29 is 26.7 Å². The van der Waals surface area contributed by atoms with E-state index in [9.17, 15) is 22.0 Å². The fourth-order valence-corrected chi connectivity index (χ4v) is 6.61. The second-order valence-corrected chi connectivity index (χ2v) is 12.4. The van der Waals surface area contributed by atoms with Gasteiger partial charge in [0, 0.05) is 94.6 Å². The minimum Gasteiger partial charge on any atom is -0.385 e. The number of sulfonamides is 1. The SMILES string of the molecule is COCCCNc1cc(N2CCN(C)CC2)ccc1C(=O)Nc1n[nH]c2c1CN(S(=O)(=O)c1cc(F)cc(F)c1)CC2. The number of fused-ring (bicyclic) bond motifs is 1. The molecule has 1 fully saturated rings. The van der Waals surface area contributed by atoms with Crippen molar-refractivity contribution in [3.8, 4) is 0 Å². The lowest BCUT2D eigenvalue weighted by molar-refractivity contribution is 0.102. The molecule has 1 aromatic heterocycles. The van der Waals surface area contributed by atoms with Crippen LogP contribution >= 0.6 is 0 Å². The molecule has 11 nitrogen and oxygen atoms in total. The molecule has 0 aliphatic carbocycles. The van der Waals surface area contributed by atoms with Gasteiger partial charge in [-0.1, -0.05) is 0 Å². The number of aromatic amines is 1. The predicted octanol–water partition coefficient (Wildman–Crippen LogP) is 2.89. The molecule has 0 unspecified atom stereocenters. The largest absolute Gasteiger partial charge is 0.385 e. The van der Waals surface area contributed by atoms with Gasteiger partial charge in [-0.15, -0.1) is 0 Å². The highest BCUT2D eigenvalue weighted by Crippen LogP contribution is 2.30. The molecule has 0 radical (unpaired) electrons. The summed E-state index contributed by atoms with van der Waals surface area (Å²) in [5, 5.41) is 13.3. The summed E-state index contributed by atoms with van der Waals surface area (Å²) in [5.74, 6) is -2.16. The topological polar surface area (TPSA) is 123 Å². The molecular weight excluding hydrogens is 568 g/mol. The van der Waals surface area contributed by atoms with Crippen molar-refractivity contribution in [1.29, 1.82) is 0 Å². The number of carbonyl (C=O) groups excluding carboxylic acids is 1. The van der Waals surface area contributed by atoms with E-state index in [4.69, 9.17) is 4.74 Å². The minimum absolute atomic E-state index is 0.0896. The van der Waals surface area contributed by atoms with Gasteiger partial charge in [-0.05, 0) is 43.8 Å². The number of carbonyl (C=O) groups is 1. The summed E-state index contributed by atoms with van der Waals surface area (Å²) in [4.78, 5) is 17.6. The Morgan fingerprint density at radius 1 is 1.07 bits per heavy atom. The van der Waals surface area contributed by atoms with Gasteiger partial charge < -0.3 is 25.2 Å². The Morgan fingerprint density at radius 2 is 1.81 bits per heavy atom. The van der Waals surface area contributed by atoms with Gasteiger partial charge in [-0.3, -0.25) is 9.89 Å². The number of hydrogen-bond donors (Lipinski definition) is 3. The second-order valence-electron chi connectivity index (χ2n) is 10.5. The molecule has 2 aliphatic rings. The summed E-state index contributed by atoms with van der Waals surface area (Å²) in [6, 6.07) is 7.87. The number of piperazine rings is 1. The Morgan fingerprint density at radius 3 is 2.52 bits per heavy atom. The number of methoxy groups -OCH3 is 1. The monoisotopic (exact) mass is 603 g/mol. The number of aromatic nitrogens is 2. The van der Waals surface area contributed by atoms with Crippen LogP contribution in [0, 0.1) is 11.6 Å². The highest BCUT2D eigenvalue weighted by molar-refractivity contribution is 7.89. The molecule has 226 valence electrons. The number of halogens is 2. The van der Waals surface area contributed by atoms with Crippen LogP contribution in [0.2, 0.25) is 0 Å². The van der Waals surface area contributed by atoms with E-state index in [1.807, 2.05) is 12.1 Å². The first kappa shape index (κ1) is 29.9. The number of anilines is 3. The van der Waals surface area contributed by atoms with Crippen molar-refractivity contribution in [2.75, 3.05) is 75.6 Å². The molecule has 3 heterocycles. The third kappa shape index (κ3) is 6.56. The molecule has 0 atom stereocenters. The van der Waals surface area contributed by atoms with Crippen LogP contribution in [0.4, 0.5) is 26.0 Å². The van der Waals surface area contributed by atoms with Crippen molar-refractivity contribution >= 4 is 33.1 Å². The van der Waals surface area contributed by atoms with Gasteiger partial charge in [0.25, 0.3) is 5.91 Å². The fraction of sp³-hybridized carbons (Fsp3) is 0.429. The quantitative estimate of drug-likeness (QED) is 0.303. The molecule has 0 spiro atoms. The molecule has 3 aromatic rings. The number of amides is 1. The first-order valence-corrected chi connectivity index (χ1v) is 15.2. The Kier molecular flexibility index (Phi) is 9.06. The average molecular weight is 604 g/mol. The van der Waals surface area contributed by atoms with Crippen molar-refractivity contribution in [2.24, 2.45) is 0 Å². The van der Waals surface area contributed by atoms with Crippen molar-refractivity contribution in [3.05, 3.63) is 64.9 Å². The lowest BCUT2D eigenvalue weighted by Crippen LogP contribution is -2.44. The molecule has 0 saturated carbocycles. The first-order valence-electron chi connectivity index (χ1n) is 13.8. The third-order valence-electron chi connectivity index (χ3n) is 7.56. The van der Waals surface area contributed by atoms with E-state index in [1.165, 1.54) is 0 Å². The van der Waals surface area contributed by atoms with E-state index in [1.54, 1.807) is 13.2 Å². The number of H-pyrrole nitrogens is 1. The summed E-state index contributed by atoms with van der Waals surface area (Å²) in [6.07, 6.45) is 1.05. The van der Waals surface area contributed by atoms with Gasteiger partial charge >= 0.3 is 0 Å². The Labute approximate surface area is 243 Å². The van der Waals surface area contributed by atoms with Crippen molar-refractivity contribution in [2.45, 2.75) is 24.3 Å². The molecule has 2 aliphatic heterocycles. The fourth-order valence-electron chi connectivity index (χ4n) is 5.16. The number of rotatable bonds is 10. The molecular formula is C28H35F2N7O4S. The van der Waals surface area contributed by atoms with E-state index >= 15 is 0 Å². The maximum atomic E-state index is 13.8. The number of nitrogens with zero attached hydrogens (tertiary/aromatic N) is 4. The summed E-state index contributed by atoms with van der Waals surface area (Å²) in [6.45, 7) is 4.81. The van der Waals surface area contributed by atoms with E-state index in [0.29, 0.717) is 48.1 Å². The summed E-state index contributed by atoms with van der Waals surface area (Å²) in [5.41, 5.74) is 3.28. The summed E-state index contributed by atoms with van der Waals surface area (Å²) < 4.78 is 60.2. The zero-order valence-electron chi connectivity index (χ0n) is 23.6. The number of nitrogens with one attached hydrogen (secondary N) is 3. The van der Waals surface area contributed by atoms with Gasteiger partial charge in [-0.2, -0.15) is 9.40 Å². The van der Waals surface area contributed by atoms with Gasteiger partial charge in [0.1, 0.15) is 11.6 Å². The molecule has 2 aromatic carbocycles. The van der Waals surface area contributed by atoms with Gasteiger partial charge in [0.05, 0.1) is 10.5 Å². The van der Waals surface area contributed by atoms with Gasteiger partial charge in [0.15, 0.2) is 5.82 Å². The zero-order chi connectivity index (χ0) is 29.9. The smallest absolute Gasteiger partial charge is 0.258 e. The zero-order valence-corrected chi connectivity index (χ0v) is 24.4. The maximum absolute atomic E-state index is 13.8. The average Bonchev–Trinajstić information content (AvgIpc) is 3.37. The Balaban J connectivity index is 1.36. The Bertz CT molecular complexity index is 1520. The lowest BCUT2D eigenvalue weighted by atomic mass is 10.1. The third-order valence-corrected chi connectivity index (χ3v) is 9.38. The number of likely N-dealkylation sites (N-methyl/N-ethyl adjacent to an activating group) is 1. The van der Waals surface area contributed by atoms with Crippen LogP contribution in [0.3, 0.4) is 0 Å². The molecule has 5 rings (SSSR count). The van der Waals surface area contributed by atoms with Crippen LogP contribution in [0.25, 0.3) is 0 Å². The normalized spacial score (nSPS) is 16.3. The number of ether oxygens (including phenoxy) is 1. The maximum Gasteiger partial charge on any atom is 0.258 e.